The van der Waals surface area contributed by atoms with Gasteiger partial charge in [-0.25, -0.2) is 0 Å². The fourth-order valence-electron chi connectivity index (χ4n) is 10.9. The van der Waals surface area contributed by atoms with Gasteiger partial charge in [0.05, 0.1) is 12.7 Å². The predicted molar refractivity (Wildman–Crippen MR) is 132 cm³/mol. The van der Waals surface area contributed by atoms with E-state index in [2.05, 4.69) is 54.5 Å². The van der Waals surface area contributed by atoms with Gasteiger partial charge in [0.25, 0.3) is 0 Å². The van der Waals surface area contributed by atoms with Crippen LogP contribution in [-0.2, 0) is 0 Å². The molecule has 0 amide bonds. The zero-order valence-corrected chi connectivity index (χ0v) is 22.1. The fraction of sp³-hybridized carbons (Fsp3) is 0.933. The van der Waals surface area contributed by atoms with Crippen molar-refractivity contribution in [1.29, 1.82) is 0 Å². The Bertz CT molecular complexity index is 814. The summed E-state index contributed by atoms with van der Waals surface area (Å²) in [6.45, 7) is 17.7. The van der Waals surface area contributed by atoms with E-state index >= 15 is 0 Å². The van der Waals surface area contributed by atoms with E-state index in [9.17, 15) is 10.2 Å². The van der Waals surface area contributed by atoms with Gasteiger partial charge in [0.2, 0.25) is 0 Å². The van der Waals surface area contributed by atoms with Crippen LogP contribution in [0.15, 0.2) is 11.6 Å². The third-order valence-corrected chi connectivity index (χ3v) is 12.9. The summed E-state index contributed by atoms with van der Waals surface area (Å²) in [6.07, 6.45) is 14.8. The minimum Gasteiger partial charge on any atom is -0.396 e. The van der Waals surface area contributed by atoms with Crippen LogP contribution < -0.4 is 0 Å². The van der Waals surface area contributed by atoms with Gasteiger partial charge in [0.15, 0.2) is 0 Å². The smallest absolute Gasteiger partial charge is 0.0618 e. The van der Waals surface area contributed by atoms with Gasteiger partial charge in [-0.05, 0) is 109 Å². The number of hydrogen-bond acceptors (Lipinski definition) is 2. The van der Waals surface area contributed by atoms with Gasteiger partial charge in [-0.15, -0.1) is 0 Å². The lowest BCUT2D eigenvalue weighted by Crippen LogP contribution is -2.64. The van der Waals surface area contributed by atoms with Gasteiger partial charge in [-0.2, -0.15) is 0 Å². The molecule has 0 aromatic carbocycles. The molecule has 5 aliphatic rings. The average Bonchev–Trinajstić information content (AvgIpc) is 2.71. The molecule has 0 spiro atoms. The van der Waals surface area contributed by atoms with Gasteiger partial charge in [0.1, 0.15) is 0 Å². The Morgan fingerprint density at radius 1 is 0.781 bits per heavy atom. The van der Waals surface area contributed by atoms with E-state index in [-0.39, 0.29) is 29.0 Å². The minimum atomic E-state index is -0.358. The summed E-state index contributed by atoms with van der Waals surface area (Å²) in [7, 11) is 0. The topological polar surface area (TPSA) is 40.5 Å². The quantitative estimate of drug-likeness (QED) is 0.424. The van der Waals surface area contributed by atoms with Crippen molar-refractivity contribution in [3.05, 3.63) is 11.6 Å². The summed E-state index contributed by atoms with van der Waals surface area (Å²) < 4.78 is 0. The maximum absolute atomic E-state index is 10.9. The average molecular weight is 443 g/mol. The monoisotopic (exact) mass is 442 g/mol. The molecule has 5 rings (SSSR count). The van der Waals surface area contributed by atoms with Gasteiger partial charge < -0.3 is 10.2 Å². The Morgan fingerprint density at radius 3 is 2.06 bits per heavy atom. The van der Waals surface area contributed by atoms with Crippen molar-refractivity contribution >= 4 is 0 Å². The summed E-state index contributed by atoms with van der Waals surface area (Å²) in [5, 5.41) is 21.3. The number of fused-ring (bicyclic) bond motifs is 7. The normalized spacial score (nSPS) is 56.8. The van der Waals surface area contributed by atoms with Crippen LogP contribution in [0.4, 0.5) is 0 Å². The zero-order valence-electron chi connectivity index (χ0n) is 22.1. The van der Waals surface area contributed by atoms with Crippen molar-refractivity contribution in [1.82, 2.24) is 0 Å². The van der Waals surface area contributed by atoms with Crippen LogP contribution in [-0.4, -0.2) is 22.9 Å². The van der Waals surface area contributed by atoms with Crippen LogP contribution in [0.5, 0.6) is 0 Å². The second kappa shape index (κ2) is 6.87. The lowest BCUT2D eigenvalue weighted by atomic mass is 9.34. The first-order valence-electron chi connectivity index (χ1n) is 13.8. The van der Waals surface area contributed by atoms with Crippen molar-refractivity contribution in [3.63, 3.8) is 0 Å². The molecule has 0 aromatic heterocycles. The van der Waals surface area contributed by atoms with Crippen molar-refractivity contribution < 1.29 is 10.2 Å². The predicted octanol–water partition coefficient (Wildman–Crippen LogP) is 7.14. The Morgan fingerprint density at radius 2 is 1.41 bits per heavy atom. The maximum atomic E-state index is 10.9. The molecule has 2 nitrogen and oxygen atoms in total. The third kappa shape index (κ3) is 2.84. The molecule has 4 saturated carbocycles. The van der Waals surface area contributed by atoms with Crippen molar-refractivity contribution in [2.75, 3.05) is 6.61 Å². The first-order chi connectivity index (χ1) is 14.8. The molecule has 4 fully saturated rings. The largest absolute Gasteiger partial charge is 0.396 e. The molecule has 2 heteroatoms. The van der Waals surface area contributed by atoms with Crippen molar-refractivity contribution in [2.45, 2.75) is 119 Å². The Hall–Kier alpha value is -0.340. The second-order valence-corrected chi connectivity index (χ2v) is 15.1. The van der Waals surface area contributed by atoms with E-state index in [0.29, 0.717) is 28.1 Å². The van der Waals surface area contributed by atoms with Crippen LogP contribution >= 0.6 is 0 Å². The van der Waals surface area contributed by atoms with Gasteiger partial charge >= 0.3 is 0 Å². The van der Waals surface area contributed by atoms with Crippen LogP contribution in [0.2, 0.25) is 0 Å². The van der Waals surface area contributed by atoms with Crippen molar-refractivity contribution in [3.8, 4) is 0 Å². The fourth-order valence-corrected chi connectivity index (χ4v) is 10.9. The molecule has 5 aliphatic carbocycles. The molecule has 0 aromatic rings. The number of aliphatic hydroxyl groups is 2. The second-order valence-electron chi connectivity index (χ2n) is 15.1. The molecule has 0 unspecified atom stereocenters. The molecule has 0 aliphatic heterocycles. The number of rotatable bonds is 1. The zero-order chi connectivity index (χ0) is 23.4. The Balaban J connectivity index is 1.55. The lowest BCUT2D eigenvalue weighted by molar-refractivity contribution is -0.199. The van der Waals surface area contributed by atoms with Crippen LogP contribution in [0.25, 0.3) is 0 Å². The summed E-state index contributed by atoms with van der Waals surface area (Å²) >= 11 is 0. The van der Waals surface area contributed by atoms with Gasteiger partial charge in [0, 0.05) is 5.41 Å². The number of allylic oxidation sites excluding steroid dienone is 2. The molecule has 0 saturated heterocycles. The van der Waals surface area contributed by atoms with Gasteiger partial charge in [-0.1, -0.05) is 60.1 Å². The summed E-state index contributed by atoms with van der Waals surface area (Å²) in [6, 6.07) is 0. The molecule has 0 radical (unpaired) electrons. The highest BCUT2D eigenvalue weighted by Gasteiger charge is 2.67. The summed E-state index contributed by atoms with van der Waals surface area (Å²) in [5.74, 6) is 1.90. The van der Waals surface area contributed by atoms with Crippen LogP contribution in [0.1, 0.15) is 113 Å². The lowest BCUT2D eigenvalue weighted by Gasteiger charge is -2.70. The van der Waals surface area contributed by atoms with E-state index in [1.165, 1.54) is 44.9 Å². The van der Waals surface area contributed by atoms with Crippen LogP contribution in [0, 0.1) is 50.2 Å². The van der Waals surface area contributed by atoms with Crippen molar-refractivity contribution in [2.24, 2.45) is 50.2 Å². The van der Waals surface area contributed by atoms with Gasteiger partial charge in [-0.3, -0.25) is 0 Å². The van der Waals surface area contributed by atoms with E-state index in [0.717, 1.165) is 25.2 Å². The maximum Gasteiger partial charge on any atom is 0.0618 e. The number of aliphatic hydroxyl groups excluding tert-OH is 2. The molecular weight excluding hydrogens is 392 g/mol. The highest BCUT2D eigenvalue weighted by molar-refractivity contribution is 5.34. The molecule has 9 atom stereocenters. The molecule has 0 heterocycles. The minimum absolute atomic E-state index is 0.119. The SMILES string of the molecule is CC1(C)CC[C@]2(C)CC=C3[C@]4(C)CC[C@@H]5[C@](C)(CC[C@H](O)[C@]5(C)CO)[C@H]4CC[C@@]3(C)[C@@H]2C1. The summed E-state index contributed by atoms with van der Waals surface area (Å²) in [4.78, 5) is 0. The molecular formula is C30H50O2. The Kier molecular flexibility index (Phi) is 5.02. The standard InChI is InChI=1S/C30H50O2/c1-25(2)16-17-26(3)12-8-20-27(4)13-10-22-28(5,15-11-24(32)30(22,7)19-31)21(27)9-14-29(20,6)23(26)18-25/h8,21-24,31-32H,9-19H2,1-7H3/t21-,22+,23+,24-,26-,27-,28+,29+,30+/m0/s1. The van der Waals surface area contributed by atoms with E-state index in [1.807, 2.05) is 5.57 Å². The Labute approximate surface area is 197 Å². The molecule has 2 N–H and O–H groups in total. The third-order valence-electron chi connectivity index (χ3n) is 12.9. The van der Waals surface area contributed by atoms with Crippen LogP contribution in [0.3, 0.4) is 0 Å². The van der Waals surface area contributed by atoms with E-state index < -0.39 is 0 Å². The highest BCUT2D eigenvalue weighted by Crippen LogP contribution is 2.74. The highest BCUT2D eigenvalue weighted by atomic mass is 16.3. The summed E-state index contributed by atoms with van der Waals surface area (Å²) in [5.41, 5.74) is 3.26. The van der Waals surface area contributed by atoms with E-state index in [4.69, 9.17) is 0 Å². The van der Waals surface area contributed by atoms with E-state index in [1.54, 1.807) is 0 Å². The first kappa shape index (κ1) is 23.4. The number of hydrogen-bond donors (Lipinski definition) is 2. The molecule has 0 bridgehead atoms. The first-order valence-corrected chi connectivity index (χ1v) is 13.8. The molecule has 182 valence electrons. The molecule has 32 heavy (non-hydrogen) atoms.